The zero-order chi connectivity index (χ0) is 26.1. The fourth-order valence-electron chi connectivity index (χ4n) is 4.37. The number of hydrogen-bond acceptors (Lipinski definition) is 7. The van der Waals surface area contributed by atoms with Crippen LogP contribution in [0.4, 0.5) is 10.1 Å². The molecule has 12 heteroatoms. The minimum atomic E-state index is -1.04. The van der Waals surface area contributed by atoms with Gasteiger partial charge in [-0.2, -0.15) is 0 Å². The molecule has 0 bridgehead atoms. The van der Waals surface area contributed by atoms with E-state index in [9.17, 15) is 23.9 Å². The Morgan fingerprint density at radius 1 is 1.19 bits per heavy atom. The van der Waals surface area contributed by atoms with Gasteiger partial charge in [-0.3, -0.25) is 14.4 Å². The average Bonchev–Trinajstić information content (AvgIpc) is 3.30. The van der Waals surface area contributed by atoms with E-state index < -0.39 is 23.4 Å². The van der Waals surface area contributed by atoms with Crippen molar-refractivity contribution in [1.82, 2.24) is 25.2 Å². The number of pyridine rings is 1. The summed E-state index contributed by atoms with van der Waals surface area (Å²) in [7, 11) is 0. The molecule has 0 radical (unpaired) electrons. The van der Waals surface area contributed by atoms with Crippen molar-refractivity contribution >= 4 is 39.4 Å². The third-order valence-electron chi connectivity index (χ3n) is 6.28. The molecule has 4 aromatic rings. The van der Waals surface area contributed by atoms with E-state index in [0.717, 1.165) is 0 Å². The number of aromatic amines is 2. The lowest BCUT2D eigenvalue weighted by Crippen LogP contribution is -2.43. The summed E-state index contributed by atoms with van der Waals surface area (Å²) in [6, 6.07) is 8.95. The molecule has 2 aromatic carbocycles. The lowest BCUT2D eigenvalue weighted by Gasteiger charge is -2.27. The van der Waals surface area contributed by atoms with Gasteiger partial charge in [0.05, 0.1) is 53.4 Å². The third-order valence-corrected chi connectivity index (χ3v) is 6.28. The van der Waals surface area contributed by atoms with Gasteiger partial charge in [-0.25, -0.2) is 9.37 Å². The molecule has 0 spiro atoms. The maximum Gasteiger partial charge on any atom is 0.261 e. The number of fused-ring (bicyclic) bond motifs is 2. The van der Waals surface area contributed by atoms with Crippen LogP contribution in [0, 0.1) is 5.82 Å². The van der Waals surface area contributed by atoms with E-state index in [0.29, 0.717) is 37.3 Å². The van der Waals surface area contributed by atoms with Crippen LogP contribution in [-0.2, 0) is 9.53 Å². The van der Waals surface area contributed by atoms with Gasteiger partial charge in [-0.15, -0.1) is 0 Å². The monoisotopic (exact) mass is 508 g/mol. The standard InChI is InChI=1S/C25H25FN6O5/c26-15-2-1-3-17-20(15)22(27)21(25(36)31-17)23-29-16-5-4-13(10-18(16)30-23)24(35)28-12-14(33)11-19(34)32-6-8-37-9-7-32/h1-5,10,14,33H,6-9,11-12H2,(H,28,35)(H,29,30)(H3,27,31,36). The number of carbonyl (C=O) groups is 2. The largest absolute Gasteiger partial charge is 0.397 e. The highest BCUT2D eigenvalue weighted by Gasteiger charge is 2.21. The first-order valence-corrected chi connectivity index (χ1v) is 11.7. The van der Waals surface area contributed by atoms with E-state index in [1.807, 2.05) is 0 Å². The third kappa shape index (κ3) is 4.88. The number of nitrogens with two attached hydrogens (primary N) is 1. The SMILES string of the molecule is Nc1c(-c2nc3ccc(C(=O)NCC(O)CC(=O)N4CCOCC4)cc3[nH]2)c(=O)[nH]c2cccc(F)c12. The van der Waals surface area contributed by atoms with Crippen LogP contribution in [0.15, 0.2) is 41.2 Å². The number of halogens is 1. The summed E-state index contributed by atoms with van der Waals surface area (Å²) in [6.45, 7) is 1.80. The van der Waals surface area contributed by atoms with Crippen LogP contribution in [0.25, 0.3) is 33.3 Å². The zero-order valence-corrected chi connectivity index (χ0v) is 19.7. The van der Waals surface area contributed by atoms with E-state index >= 15 is 0 Å². The summed E-state index contributed by atoms with van der Waals surface area (Å²) >= 11 is 0. The number of nitrogen functional groups attached to an aromatic ring is 1. The van der Waals surface area contributed by atoms with E-state index in [1.54, 1.807) is 29.2 Å². The molecule has 2 amide bonds. The Morgan fingerprint density at radius 3 is 2.76 bits per heavy atom. The molecule has 6 N–H and O–H groups in total. The van der Waals surface area contributed by atoms with E-state index in [2.05, 4.69) is 20.3 Å². The summed E-state index contributed by atoms with van der Waals surface area (Å²) in [5.41, 5.74) is 7.05. The maximum atomic E-state index is 14.4. The summed E-state index contributed by atoms with van der Waals surface area (Å²) in [5, 5.41) is 12.9. The molecule has 1 unspecified atom stereocenters. The fourth-order valence-corrected chi connectivity index (χ4v) is 4.37. The number of amides is 2. The summed E-state index contributed by atoms with van der Waals surface area (Å²) in [5.74, 6) is -1.09. The van der Waals surface area contributed by atoms with E-state index in [4.69, 9.17) is 10.5 Å². The molecule has 2 aromatic heterocycles. The number of nitrogens with one attached hydrogen (secondary N) is 3. The van der Waals surface area contributed by atoms with Gasteiger partial charge in [-0.05, 0) is 30.3 Å². The molecule has 1 atom stereocenters. The molecule has 1 aliphatic heterocycles. The van der Waals surface area contributed by atoms with Gasteiger partial charge in [0.2, 0.25) is 5.91 Å². The number of nitrogens with zero attached hydrogens (tertiary/aromatic N) is 2. The highest BCUT2D eigenvalue weighted by molar-refractivity contribution is 6.00. The van der Waals surface area contributed by atoms with Gasteiger partial charge in [0, 0.05) is 25.2 Å². The Kier molecular flexibility index (Phi) is 6.59. The van der Waals surface area contributed by atoms with E-state index in [-0.39, 0.29) is 52.4 Å². The molecular weight excluding hydrogens is 483 g/mol. The van der Waals surface area contributed by atoms with Crippen molar-refractivity contribution < 1.29 is 23.8 Å². The minimum absolute atomic E-state index is 0.00661. The molecule has 192 valence electrons. The molecule has 5 rings (SSSR count). The number of rotatable bonds is 6. The Labute approximate surface area is 209 Å². The van der Waals surface area contributed by atoms with Crippen molar-refractivity contribution in [1.29, 1.82) is 0 Å². The second kappa shape index (κ2) is 9.99. The van der Waals surface area contributed by atoms with Crippen LogP contribution in [0.2, 0.25) is 0 Å². The summed E-state index contributed by atoms with van der Waals surface area (Å²) < 4.78 is 19.6. The number of aliphatic hydroxyl groups is 1. The molecule has 37 heavy (non-hydrogen) atoms. The topological polar surface area (TPSA) is 166 Å². The molecule has 1 fully saturated rings. The van der Waals surface area contributed by atoms with Crippen LogP contribution in [0.5, 0.6) is 0 Å². The number of H-pyrrole nitrogens is 2. The Balaban J connectivity index is 1.31. The number of carbonyl (C=O) groups excluding carboxylic acids is 2. The van der Waals surface area contributed by atoms with Crippen molar-refractivity contribution in [2.24, 2.45) is 0 Å². The lowest BCUT2D eigenvalue weighted by atomic mass is 10.1. The highest BCUT2D eigenvalue weighted by atomic mass is 19.1. The Morgan fingerprint density at radius 2 is 1.97 bits per heavy atom. The molecule has 1 aliphatic rings. The highest BCUT2D eigenvalue weighted by Crippen LogP contribution is 2.30. The summed E-state index contributed by atoms with van der Waals surface area (Å²) in [6.07, 6.45) is -1.14. The van der Waals surface area contributed by atoms with Crippen molar-refractivity contribution in [3.05, 3.63) is 58.1 Å². The van der Waals surface area contributed by atoms with Crippen LogP contribution < -0.4 is 16.6 Å². The van der Waals surface area contributed by atoms with E-state index in [1.165, 1.54) is 12.1 Å². The number of aromatic nitrogens is 3. The van der Waals surface area contributed by atoms with Gasteiger partial charge in [0.25, 0.3) is 11.5 Å². The van der Waals surface area contributed by atoms with Gasteiger partial charge < -0.3 is 35.8 Å². The maximum absolute atomic E-state index is 14.4. The number of ether oxygens (including phenoxy) is 1. The quantitative estimate of drug-likeness (QED) is 0.260. The molecule has 3 heterocycles. The number of morpholine rings is 1. The first kappa shape index (κ1) is 24.4. The predicted molar refractivity (Wildman–Crippen MR) is 134 cm³/mol. The van der Waals surface area contributed by atoms with Gasteiger partial charge >= 0.3 is 0 Å². The minimum Gasteiger partial charge on any atom is -0.397 e. The second-order valence-electron chi connectivity index (χ2n) is 8.78. The second-order valence-corrected chi connectivity index (χ2v) is 8.78. The van der Waals surface area contributed by atoms with Gasteiger partial charge in [-0.1, -0.05) is 6.07 Å². The molecular formula is C25H25FN6O5. The average molecular weight is 509 g/mol. The first-order valence-electron chi connectivity index (χ1n) is 11.7. The first-order chi connectivity index (χ1) is 17.8. The van der Waals surface area contributed by atoms with Crippen LogP contribution in [0.1, 0.15) is 16.8 Å². The zero-order valence-electron chi connectivity index (χ0n) is 19.7. The number of anilines is 1. The molecule has 1 saturated heterocycles. The number of benzene rings is 2. The van der Waals surface area contributed by atoms with Crippen LogP contribution in [-0.4, -0.2) is 75.7 Å². The summed E-state index contributed by atoms with van der Waals surface area (Å²) in [4.78, 5) is 49.2. The van der Waals surface area contributed by atoms with Crippen LogP contribution in [0.3, 0.4) is 0 Å². The number of hydrogen-bond donors (Lipinski definition) is 5. The van der Waals surface area contributed by atoms with Crippen molar-refractivity contribution in [3.63, 3.8) is 0 Å². The number of imidazole rings is 1. The normalized spacial score (nSPS) is 14.7. The molecule has 11 nitrogen and oxygen atoms in total. The number of aliphatic hydroxyl groups excluding tert-OH is 1. The van der Waals surface area contributed by atoms with Gasteiger partial charge in [0.1, 0.15) is 17.2 Å². The fraction of sp³-hybridized carbons (Fsp3) is 0.280. The molecule has 0 saturated carbocycles. The smallest absolute Gasteiger partial charge is 0.261 e. The van der Waals surface area contributed by atoms with Crippen molar-refractivity contribution in [2.45, 2.75) is 12.5 Å². The Bertz CT molecular complexity index is 1560. The van der Waals surface area contributed by atoms with Crippen molar-refractivity contribution in [3.8, 4) is 11.4 Å². The van der Waals surface area contributed by atoms with Crippen molar-refractivity contribution in [2.75, 3.05) is 38.6 Å². The Hall–Kier alpha value is -4.29. The molecule has 0 aliphatic carbocycles. The predicted octanol–water partition coefficient (Wildman–Crippen LogP) is 1.13. The lowest BCUT2D eigenvalue weighted by molar-refractivity contribution is -0.137. The van der Waals surface area contributed by atoms with Crippen LogP contribution >= 0.6 is 0 Å². The van der Waals surface area contributed by atoms with Gasteiger partial charge in [0.15, 0.2) is 0 Å².